The molecule has 0 amide bonds. The Morgan fingerprint density at radius 1 is 0.969 bits per heavy atom. The predicted octanol–water partition coefficient (Wildman–Crippen LogP) is 5.42. The summed E-state index contributed by atoms with van der Waals surface area (Å²) in [4.78, 5) is 13.5. The number of aromatic nitrogens is 4. The number of hydrogen-bond donors (Lipinski definition) is 0. The van der Waals surface area contributed by atoms with Gasteiger partial charge in [-0.1, -0.05) is 24.3 Å². The van der Waals surface area contributed by atoms with Gasteiger partial charge in [0.15, 0.2) is 5.82 Å². The monoisotopic (exact) mass is 413 g/mol. The fourth-order valence-corrected chi connectivity index (χ4v) is 3.91. The van der Waals surface area contributed by atoms with Crippen LogP contribution >= 0.6 is 0 Å². The van der Waals surface area contributed by atoms with E-state index in [1.807, 2.05) is 73.1 Å². The molecule has 0 N–H and O–H groups in total. The summed E-state index contributed by atoms with van der Waals surface area (Å²) in [5, 5.41) is 10.4. The fraction of sp³-hybridized carbons (Fsp3) is 0.111. The van der Waals surface area contributed by atoms with Crippen molar-refractivity contribution in [2.75, 3.05) is 0 Å². The molecular formula is C27H19N5. The SMILES string of the molecule is C#Cc1nc2cnc3ccc(-c4cccnc4)cc3c2n1-c1ccc(C(C)(C)C#N)cc1. The van der Waals surface area contributed by atoms with Crippen LogP contribution in [0.3, 0.4) is 0 Å². The van der Waals surface area contributed by atoms with Crippen molar-refractivity contribution in [3.63, 3.8) is 0 Å². The Hall–Kier alpha value is -4.48. The smallest absolute Gasteiger partial charge is 0.190 e. The van der Waals surface area contributed by atoms with E-state index < -0.39 is 5.41 Å². The molecule has 0 aliphatic heterocycles. The van der Waals surface area contributed by atoms with E-state index in [1.165, 1.54) is 0 Å². The van der Waals surface area contributed by atoms with Crippen LogP contribution in [0.2, 0.25) is 0 Å². The molecule has 0 radical (unpaired) electrons. The van der Waals surface area contributed by atoms with Crippen LogP contribution in [0.15, 0.2) is 73.2 Å². The molecule has 0 aliphatic rings. The van der Waals surface area contributed by atoms with Gasteiger partial charge in [0.2, 0.25) is 0 Å². The first-order valence-electron chi connectivity index (χ1n) is 10.2. The third kappa shape index (κ3) is 3.09. The van der Waals surface area contributed by atoms with Crippen molar-refractivity contribution in [3.05, 3.63) is 84.6 Å². The third-order valence-corrected chi connectivity index (χ3v) is 5.73. The molecule has 152 valence electrons. The number of pyridine rings is 2. The van der Waals surface area contributed by atoms with E-state index in [1.54, 1.807) is 12.4 Å². The molecule has 5 aromatic rings. The average Bonchev–Trinajstić information content (AvgIpc) is 3.23. The van der Waals surface area contributed by atoms with Gasteiger partial charge in [0.1, 0.15) is 5.52 Å². The van der Waals surface area contributed by atoms with Crippen molar-refractivity contribution >= 4 is 21.9 Å². The first-order valence-corrected chi connectivity index (χ1v) is 10.2. The molecule has 0 unspecified atom stereocenters. The number of benzene rings is 2. The van der Waals surface area contributed by atoms with Crippen molar-refractivity contribution in [3.8, 4) is 35.2 Å². The summed E-state index contributed by atoms with van der Waals surface area (Å²) in [7, 11) is 0. The molecule has 3 aromatic heterocycles. The number of nitrogens with zero attached hydrogens (tertiary/aromatic N) is 5. The molecule has 0 atom stereocenters. The number of fused-ring (bicyclic) bond motifs is 3. The summed E-state index contributed by atoms with van der Waals surface area (Å²) in [6.07, 6.45) is 11.2. The van der Waals surface area contributed by atoms with Crippen LogP contribution in [0.25, 0.3) is 38.8 Å². The van der Waals surface area contributed by atoms with E-state index in [4.69, 9.17) is 6.42 Å². The van der Waals surface area contributed by atoms with Gasteiger partial charge in [-0.15, -0.1) is 6.42 Å². The molecule has 5 nitrogen and oxygen atoms in total. The van der Waals surface area contributed by atoms with Crippen molar-refractivity contribution in [1.82, 2.24) is 19.5 Å². The highest BCUT2D eigenvalue weighted by molar-refractivity contribution is 6.04. The van der Waals surface area contributed by atoms with Gasteiger partial charge in [-0.05, 0) is 61.2 Å². The Morgan fingerprint density at radius 3 is 2.47 bits per heavy atom. The summed E-state index contributed by atoms with van der Waals surface area (Å²) < 4.78 is 1.98. The molecule has 0 saturated heterocycles. The fourth-order valence-electron chi connectivity index (χ4n) is 3.91. The number of terminal acetylenes is 1. The topological polar surface area (TPSA) is 67.4 Å². The zero-order valence-corrected chi connectivity index (χ0v) is 17.7. The molecule has 3 heterocycles. The summed E-state index contributed by atoms with van der Waals surface area (Å²) in [6, 6.07) is 20.3. The van der Waals surface area contributed by atoms with Crippen LogP contribution in [0.1, 0.15) is 25.2 Å². The van der Waals surface area contributed by atoms with Gasteiger partial charge in [-0.2, -0.15) is 5.26 Å². The zero-order chi connectivity index (χ0) is 22.3. The maximum Gasteiger partial charge on any atom is 0.190 e. The Kier molecular flexibility index (Phi) is 4.47. The summed E-state index contributed by atoms with van der Waals surface area (Å²) in [6.45, 7) is 3.81. The van der Waals surface area contributed by atoms with E-state index >= 15 is 0 Å². The second kappa shape index (κ2) is 7.34. The molecule has 0 saturated carbocycles. The van der Waals surface area contributed by atoms with Gasteiger partial charge in [0.05, 0.1) is 28.7 Å². The zero-order valence-electron chi connectivity index (χ0n) is 17.7. The van der Waals surface area contributed by atoms with Crippen LogP contribution in [-0.4, -0.2) is 19.5 Å². The second-order valence-corrected chi connectivity index (χ2v) is 8.16. The Morgan fingerprint density at radius 2 is 1.78 bits per heavy atom. The first-order chi connectivity index (χ1) is 15.5. The number of rotatable bonds is 3. The Balaban J connectivity index is 1.78. The van der Waals surface area contributed by atoms with E-state index in [-0.39, 0.29) is 0 Å². The van der Waals surface area contributed by atoms with Crippen LogP contribution in [0, 0.1) is 23.7 Å². The minimum atomic E-state index is -0.570. The number of hydrogen-bond acceptors (Lipinski definition) is 4. The summed E-state index contributed by atoms with van der Waals surface area (Å²) in [5.41, 5.74) is 5.82. The van der Waals surface area contributed by atoms with E-state index in [0.29, 0.717) is 5.82 Å². The molecule has 2 aromatic carbocycles. The standard InChI is InChI=1S/C27H19N5/c1-4-25-31-24-16-30-23-12-7-18(19-6-5-13-29-15-19)14-22(23)26(24)32(25)21-10-8-20(9-11-21)27(2,3)17-28/h1,5-16H,2-3H3. The average molecular weight is 413 g/mol. The van der Waals surface area contributed by atoms with Gasteiger partial charge in [0, 0.05) is 29.0 Å². The highest BCUT2D eigenvalue weighted by Gasteiger charge is 2.20. The third-order valence-electron chi connectivity index (χ3n) is 5.73. The molecule has 0 spiro atoms. The maximum absolute atomic E-state index is 9.46. The maximum atomic E-state index is 9.46. The molecule has 0 bridgehead atoms. The van der Waals surface area contributed by atoms with Crippen LogP contribution in [0.4, 0.5) is 0 Å². The lowest BCUT2D eigenvalue weighted by Gasteiger charge is -2.16. The molecule has 32 heavy (non-hydrogen) atoms. The summed E-state index contributed by atoms with van der Waals surface area (Å²) in [5.74, 6) is 3.22. The van der Waals surface area contributed by atoms with Gasteiger partial charge in [-0.3, -0.25) is 14.5 Å². The van der Waals surface area contributed by atoms with Gasteiger partial charge >= 0.3 is 0 Å². The molecule has 5 rings (SSSR count). The normalized spacial score (nSPS) is 11.4. The van der Waals surface area contributed by atoms with Crippen LogP contribution in [0.5, 0.6) is 0 Å². The van der Waals surface area contributed by atoms with Gasteiger partial charge in [0.25, 0.3) is 0 Å². The molecular weight excluding hydrogens is 394 g/mol. The van der Waals surface area contributed by atoms with Crippen molar-refractivity contribution in [2.24, 2.45) is 0 Å². The molecule has 0 aliphatic carbocycles. The highest BCUT2D eigenvalue weighted by atomic mass is 15.1. The molecule has 5 heteroatoms. The Bertz CT molecular complexity index is 1550. The van der Waals surface area contributed by atoms with Crippen LogP contribution < -0.4 is 0 Å². The van der Waals surface area contributed by atoms with Crippen molar-refractivity contribution in [2.45, 2.75) is 19.3 Å². The first kappa shape index (κ1) is 19.5. The van der Waals surface area contributed by atoms with E-state index in [0.717, 1.165) is 44.3 Å². The quantitative estimate of drug-likeness (QED) is 0.371. The van der Waals surface area contributed by atoms with E-state index in [2.05, 4.69) is 33.0 Å². The van der Waals surface area contributed by atoms with Crippen LogP contribution in [-0.2, 0) is 5.41 Å². The predicted molar refractivity (Wildman–Crippen MR) is 126 cm³/mol. The lowest BCUT2D eigenvalue weighted by Crippen LogP contribution is -2.13. The number of imidazole rings is 1. The van der Waals surface area contributed by atoms with Crippen molar-refractivity contribution < 1.29 is 0 Å². The lowest BCUT2D eigenvalue weighted by molar-refractivity contribution is 0.686. The summed E-state index contributed by atoms with van der Waals surface area (Å²) >= 11 is 0. The Labute approximate surface area is 186 Å². The van der Waals surface area contributed by atoms with E-state index in [9.17, 15) is 5.26 Å². The van der Waals surface area contributed by atoms with Gasteiger partial charge in [-0.25, -0.2) is 4.98 Å². The largest absolute Gasteiger partial charge is 0.285 e. The van der Waals surface area contributed by atoms with Gasteiger partial charge < -0.3 is 0 Å². The number of nitriles is 1. The molecule has 0 fully saturated rings. The minimum absolute atomic E-state index is 0.508. The second-order valence-electron chi connectivity index (χ2n) is 8.16. The highest BCUT2D eigenvalue weighted by Crippen LogP contribution is 2.32. The lowest BCUT2D eigenvalue weighted by atomic mass is 9.86. The van der Waals surface area contributed by atoms with Crippen molar-refractivity contribution in [1.29, 1.82) is 5.26 Å². The minimum Gasteiger partial charge on any atom is -0.285 e.